The van der Waals surface area contributed by atoms with Crippen LogP contribution < -0.4 is 2.94 Å². The predicted molar refractivity (Wildman–Crippen MR) is 65.3 cm³/mol. The van der Waals surface area contributed by atoms with E-state index in [0.717, 1.165) is 33.6 Å². The maximum absolute atomic E-state index is 8.36. The van der Waals surface area contributed by atoms with Crippen LogP contribution in [0.4, 0.5) is 0 Å². The molecule has 0 amide bonds. The molecule has 0 fully saturated rings. The van der Waals surface area contributed by atoms with Gasteiger partial charge in [-0.25, -0.2) is 0 Å². The molecular formula is C11H12N3NaO2. The fourth-order valence-electron chi connectivity index (χ4n) is 1.43. The van der Waals surface area contributed by atoms with Gasteiger partial charge in [0.2, 0.25) is 0 Å². The number of aryl methyl sites for hydroxylation is 2. The van der Waals surface area contributed by atoms with Crippen molar-refractivity contribution >= 4 is 37.3 Å². The van der Waals surface area contributed by atoms with Crippen LogP contribution in [0.15, 0.2) is 24.5 Å². The third-order valence-electron chi connectivity index (χ3n) is 2.43. The molecule has 6 heteroatoms. The van der Waals surface area contributed by atoms with Crippen LogP contribution in [0.5, 0.6) is 0 Å². The second-order valence-electron chi connectivity index (χ2n) is 3.59. The zero-order chi connectivity index (χ0) is 12.8. The Balaban J connectivity index is 0.000000437. The Morgan fingerprint density at radius 3 is 2.65 bits per heavy atom. The minimum atomic E-state index is -0.250. The van der Waals surface area contributed by atoms with E-state index in [0.29, 0.717) is 0 Å². The maximum Gasteiger partial charge on any atom is 0.290 e. The van der Waals surface area contributed by atoms with E-state index >= 15 is 0 Å². The van der Waals surface area contributed by atoms with Gasteiger partial charge in [0.15, 0.2) is 0 Å². The van der Waals surface area contributed by atoms with Crippen LogP contribution in [0.2, 0.25) is 0 Å². The summed E-state index contributed by atoms with van der Waals surface area (Å²) in [6.07, 6.45) is 3.74. The van der Waals surface area contributed by atoms with Crippen LogP contribution in [0.3, 0.4) is 0 Å². The number of carbonyl (C=O) groups is 1. The molecule has 1 N–H and O–H groups in total. The van der Waals surface area contributed by atoms with E-state index in [1.54, 1.807) is 0 Å². The quantitative estimate of drug-likeness (QED) is 0.575. The fourth-order valence-corrected chi connectivity index (χ4v) is 1.93. The molecule has 2 heterocycles. The smallest absolute Gasteiger partial charge is 0.290 e. The molecule has 2 rings (SSSR count). The van der Waals surface area contributed by atoms with E-state index in [2.05, 4.69) is 23.1 Å². The summed E-state index contributed by atoms with van der Waals surface area (Å²) < 4.78 is 3.20. The van der Waals surface area contributed by atoms with E-state index in [9.17, 15) is 0 Å². The molecular weight excluding hydrogens is 229 g/mol. The zero-order valence-electron chi connectivity index (χ0n) is 10.1. The molecule has 0 aliphatic rings. The Morgan fingerprint density at radius 2 is 2.18 bits per heavy atom. The van der Waals surface area contributed by atoms with E-state index < -0.39 is 0 Å². The minimum absolute atomic E-state index is 0.250. The number of hydrogen-bond acceptors (Lipinski definition) is 3. The standard InChI is InChI=1S/C10H10N3.CH2O2.Na/c1-8-3-4-11-10(5-8)9-6-12-13(2)7-9;2-1-3;/h3-6H,1-2H3;1H,(H,2,3);. The summed E-state index contributed by atoms with van der Waals surface area (Å²) in [5.74, 6) is 0. The van der Waals surface area contributed by atoms with Gasteiger partial charge in [-0.3, -0.25) is 4.79 Å². The Bertz CT molecular complexity index is 511. The van der Waals surface area contributed by atoms with Crippen molar-refractivity contribution in [2.75, 3.05) is 0 Å². The van der Waals surface area contributed by atoms with Crippen molar-refractivity contribution < 1.29 is 9.90 Å². The Morgan fingerprint density at radius 1 is 1.53 bits per heavy atom. The number of aromatic nitrogens is 3. The summed E-state index contributed by atoms with van der Waals surface area (Å²) in [7, 11) is 1.97. The molecule has 0 spiro atoms. The fraction of sp³-hybridized carbons (Fsp3) is 0.182. The van der Waals surface area contributed by atoms with Gasteiger partial charge < -0.3 is 5.11 Å². The van der Waals surface area contributed by atoms with Gasteiger partial charge in [0.25, 0.3) is 6.47 Å². The van der Waals surface area contributed by atoms with Crippen molar-refractivity contribution in [1.82, 2.24) is 14.8 Å². The maximum atomic E-state index is 8.36. The van der Waals surface area contributed by atoms with Gasteiger partial charge in [-0.05, 0) is 0 Å². The molecule has 2 aromatic heterocycles. The predicted octanol–water partition coefficient (Wildman–Crippen LogP) is 0.285. The summed E-state index contributed by atoms with van der Waals surface area (Å²) in [6, 6.07) is 4.10. The second-order valence-corrected chi connectivity index (χ2v) is 4.54. The SMILES string of the molecule is Cc1ccnc(-c2cnn(C)[c]2[Na])c1.O=CO. The molecule has 0 atom stereocenters. The van der Waals surface area contributed by atoms with Crippen LogP contribution in [-0.4, -0.2) is 54.3 Å². The van der Waals surface area contributed by atoms with Crippen LogP contribution in [0.25, 0.3) is 11.3 Å². The average molecular weight is 241 g/mol. The van der Waals surface area contributed by atoms with Crippen molar-refractivity contribution in [3.63, 3.8) is 0 Å². The molecule has 0 radical (unpaired) electrons. The summed E-state index contributed by atoms with van der Waals surface area (Å²) in [5.41, 5.74) is 3.44. The van der Waals surface area contributed by atoms with Crippen molar-refractivity contribution in [2.24, 2.45) is 7.05 Å². The second kappa shape index (κ2) is 6.54. The van der Waals surface area contributed by atoms with Gasteiger partial charge >= 0.3 is 101 Å². The van der Waals surface area contributed by atoms with E-state index in [4.69, 9.17) is 9.90 Å². The van der Waals surface area contributed by atoms with Crippen molar-refractivity contribution in [1.29, 1.82) is 0 Å². The van der Waals surface area contributed by atoms with Gasteiger partial charge in [0, 0.05) is 0 Å². The van der Waals surface area contributed by atoms with Crippen LogP contribution in [-0.2, 0) is 11.8 Å². The number of nitrogens with zero attached hydrogens (tertiary/aromatic N) is 3. The number of pyridine rings is 1. The first-order chi connectivity index (χ1) is 8.10. The molecule has 0 saturated heterocycles. The van der Waals surface area contributed by atoms with E-state index in [1.165, 1.54) is 14.1 Å². The molecule has 0 bridgehead atoms. The Labute approximate surface area is 117 Å². The van der Waals surface area contributed by atoms with Gasteiger partial charge in [-0.2, -0.15) is 0 Å². The topological polar surface area (TPSA) is 68.0 Å². The normalized spacial score (nSPS) is 9.41. The van der Waals surface area contributed by atoms with Crippen molar-refractivity contribution in [3.05, 3.63) is 30.1 Å². The average Bonchev–Trinajstić information content (AvgIpc) is 2.61. The zero-order valence-corrected chi connectivity index (χ0v) is 12.1. The van der Waals surface area contributed by atoms with Crippen molar-refractivity contribution in [3.8, 4) is 11.3 Å². The molecule has 84 valence electrons. The van der Waals surface area contributed by atoms with E-state index in [1.807, 2.05) is 30.2 Å². The first kappa shape index (κ1) is 13.9. The van der Waals surface area contributed by atoms with Gasteiger partial charge in [0.05, 0.1) is 0 Å². The largest absolute Gasteiger partial charge is 0.483 e. The molecule has 2 aromatic rings. The van der Waals surface area contributed by atoms with Gasteiger partial charge in [-0.1, -0.05) is 0 Å². The summed E-state index contributed by atoms with van der Waals surface area (Å²) in [4.78, 5) is 12.7. The molecule has 0 aromatic carbocycles. The number of carboxylic acid groups (broad SMARTS) is 1. The third kappa shape index (κ3) is 3.66. The molecule has 17 heavy (non-hydrogen) atoms. The van der Waals surface area contributed by atoms with Crippen molar-refractivity contribution in [2.45, 2.75) is 6.92 Å². The number of hydrogen-bond donors (Lipinski definition) is 1. The minimum Gasteiger partial charge on any atom is -0.483 e. The van der Waals surface area contributed by atoms with Crippen LogP contribution >= 0.6 is 0 Å². The van der Waals surface area contributed by atoms with Crippen LogP contribution in [0, 0.1) is 6.92 Å². The summed E-state index contributed by atoms with van der Waals surface area (Å²) in [5, 5.41) is 11.1. The van der Waals surface area contributed by atoms with Gasteiger partial charge in [-0.15, -0.1) is 0 Å². The Hall–Kier alpha value is -1.17. The Kier molecular flexibility index (Phi) is 5.34. The summed E-state index contributed by atoms with van der Waals surface area (Å²) in [6.45, 7) is 1.83. The molecule has 5 nitrogen and oxygen atoms in total. The van der Waals surface area contributed by atoms with E-state index in [-0.39, 0.29) is 6.47 Å². The molecule has 0 saturated carbocycles. The van der Waals surface area contributed by atoms with Crippen LogP contribution in [0.1, 0.15) is 5.56 Å². The number of rotatable bonds is 1. The molecule has 0 aliphatic carbocycles. The monoisotopic (exact) mass is 241 g/mol. The van der Waals surface area contributed by atoms with Gasteiger partial charge in [0.1, 0.15) is 0 Å². The molecule has 0 aliphatic heterocycles. The first-order valence-corrected chi connectivity index (χ1v) is 6.09. The third-order valence-corrected chi connectivity index (χ3v) is 3.61. The first-order valence-electron chi connectivity index (χ1n) is 5.09. The summed E-state index contributed by atoms with van der Waals surface area (Å²) >= 11 is 0.993. The molecule has 0 unspecified atom stereocenters.